The first kappa shape index (κ1) is 12.0. The summed E-state index contributed by atoms with van der Waals surface area (Å²) in [7, 11) is 0. The topological polar surface area (TPSA) is 34.1 Å². The molecule has 2 nitrogen and oxygen atoms in total. The second-order valence-corrected chi connectivity index (χ2v) is 4.92. The number of benzene rings is 1. The minimum absolute atomic E-state index is 0.232. The molecule has 1 aliphatic carbocycles. The number of ketones is 2. The third-order valence-corrected chi connectivity index (χ3v) is 3.46. The SMILES string of the molecule is CC(=O)CCc1ccc([C@H]2CCC(=O)C2)cc1. The number of Topliss-reactive ketones (excluding diaryl/α,β-unsaturated/α-hetero) is 2. The molecule has 2 rings (SSSR count). The fourth-order valence-corrected chi connectivity index (χ4v) is 2.38. The van der Waals surface area contributed by atoms with Crippen molar-refractivity contribution in [2.45, 2.75) is 44.9 Å². The van der Waals surface area contributed by atoms with Crippen LogP contribution < -0.4 is 0 Å². The Hall–Kier alpha value is -1.44. The van der Waals surface area contributed by atoms with Crippen LogP contribution in [0.3, 0.4) is 0 Å². The lowest BCUT2D eigenvalue weighted by Crippen LogP contribution is -1.96. The minimum Gasteiger partial charge on any atom is -0.300 e. The first-order valence-electron chi connectivity index (χ1n) is 6.25. The molecule has 2 heteroatoms. The van der Waals surface area contributed by atoms with E-state index in [9.17, 15) is 9.59 Å². The van der Waals surface area contributed by atoms with E-state index in [0.29, 0.717) is 24.5 Å². The summed E-state index contributed by atoms with van der Waals surface area (Å²) >= 11 is 0. The first-order chi connectivity index (χ1) is 8.15. The average Bonchev–Trinajstić information content (AvgIpc) is 2.74. The Bertz CT molecular complexity index is 417. The van der Waals surface area contributed by atoms with E-state index in [-0.39, 0.29) is 5.78 Å². The van der Waals surface area contributed by atoms with E-state index in [1.54, 1.807) is 6.92 Å². The van der Waals surface area contributed by atoms with Gasteiger partial charge in [-0.3, -0.25) is 4.79 Å². The summed E-state index contributed by atoms with van der Waals surface area (Å²) in [5.41, 5.74) is 2.47. The average molecular weight is 230 g/mol. The van der Waals surface area contributed by atoms with Gasteiger partial charge >= 0.3 is 0 Å². The van der Waals surface area contributed by atoms with Gasteiger partial charge in [-0.1, -0.05) is 24.3 Å². The molecule has 0 amide bonds. The molecule has 0 saturated heterocycles. The van der Waals surface area contributed by atoms with Gasteiger partial charge in [-0.15, -0.1) is 0 Å². The van der Waals surface area contributed by atoms with E-state index in [4.69, 9.17) is 0 Å². The highest BCUT2D eigenvalue weighted by atomic mass is 16.1. The molecule has 1 saturated carbocycles. The summed E-state index contributed by atoms with van der Waals surface area (Å²) in [4.78, 5) is 22.1. The van der Waals surface area contributed by atoms with E-state index in [0.717, 1.165) is 19.3 Å². The highest BCUT2D eigenvalue weighted by Crippen LogP contribution is 2.32. The second-order valence-electron chi connectivity index (χ2n) is 4.92. The Labute approximate surface area is 102 Å². The fraction of sp³-hybridized carbons (Fsp3) is 0.467. The first-order valence-corrected chi connectivity index (χ1v) is 6.25. The molecule has 0 spiro atoms. The zero-order valence-corrected chi connectivity index (χ0v) is 10.2. The molecule has 0 bridgehead atoms. The van der Waals surface area contributed by atoms with E-state index in [1.807, 2.05) is 0 Å². The van der Waals surface area contributed by atoms with Crippen LogP contribution in [0, 0.1) is 0 Å². The van der Waals surface area contributed by atoms with Gasteiger partial charge in [0.2, 0.25) is 0 Å². The van der Waals surface area contributed by atoms with E-state index >= 15 is 0 Å². The van der Waals surface area contributed by atoms with E-state index < -0.39 is 0 Å². The minimum atomic E-state index is 0.232. The lowest BCUT2D eigenvalue weighted by Gasteiger charge is -2.09. The molecule has 1 atom stereocenters. The second kappa shape index (κ2) is 5.26. The Morgan fingerprint density at radius 2 is 2.00 bits per heavy atom. The van der Waals surface area contributed by atoms with Crippen molar-refractivity contribution in [1.82, 2.24) is 0 Å². The Kier molecular flexibility index (Phi) is 3.72. The van der Waals surface area contributed by atoms with E-state index in [1.165, 1.54) is 11.1 Å². The number of hydrogen-bond donors (Lipinski definition) is 0. The smallest absolute Gasteiger partial charge is 0.133 e. The highest BCUT2D eigenvalue weighted by Gasteiger charge is 2.23. The molecule has 1 aromatic carbocycles. The van der Waals surface area contributed by atoms with Crippen molar-refractivity contribution in [2.75, 3.05) is 0 Å². The van der Waals surface area contributed by atoms with Crippen molar-refractivity contribution in [3.63, 3.8) is 0 Å². The molecular weight excluding hydrogens is 212 g/mol. The van der Waals surface area contributed by atoms with Gasteiger partial charge in [0.15, 0.2) is 0 Å². The molecule has 1 fully saturated rings. The van der Waals surface area contributed by atoms with Gasteiger partial charge in [-0.25, -0.2) is 0 Å². The molecule has 0 aromatic heterocycles. The molecule has 17 heavy (non-hydrogen) atoms. The highest BCUT2D eigenvalue weighted by molar-refractivity contribution is 5.81. The lowest BCUT2D eigenvalue weighted by molar-refractivity contribution is -0.118. The summed E-state index contributed by atoms with van der Waals surface area (Å²) in [6.45, 7) is 1.62. The van der Waals surface area contributed by atoms with Gasteiger partial charge in [0, 0.05) is 19.3 Å². The molecule has 0 heterocycles. The van der Waals surface area contributed by atoms with Crippen molar-refractivity contribution in [2.24, 2.45) is 0 Å². The molecule has 1 aliphatic rings. The van der Waals surface area contributed by atoms with Crippen LogP contribution in [-0.2, 0) is 16.0 Å². The molecular formula is C15H18O2. The molecule has 0 unspecified atom stereocenters. The number of carbonyl (C=O) groups excluding carboxylic acids is 2. The van der Waals surface area contributed by atoms with Gasteiger partial charge in [-0.05, 0) is 36.8 Å². The van der Waals surface area contributed by atoms with Crippen LogP contribution in [0.15, 0.2) is 24.3 Å². The van der Waals surface area contributed by atoms with Crippen molar-refractivity contribution in [3.8, 4) is 0 Å². The summed E-state index contributed by atoms with van der Waals surface area (Å²) in [6.07, 6.45) is 3.86. The van der Waals surface area contributed by atoms with Crippen LogP contribution in [0.25, 0.3) is 0 Å². The zero-order chi connectivity index (χ0) is 12.3. The van der Waals surface area contributed by atoms with Crippen molar-refractivity contribution in [3.05, 3.63) is 35.4 Å². The standard InChI is InChI=1S/C15H18O2/c1-11(16)2-3-12-4-6-13(7-5-12)14-8-9-15(17)10-14/h4-7,14H,2-3,8-10H2,1H3/t14-/m0/s1. The lowest BCUT2D eigenvalue weighted by atomic mass is 9.96. The quantitative estimate of drug-likeness (QED) is 0.796. The summed E-state index contributed by atoms with van der Waals surface area (Å²) < 4.78 is 0. The third-order valence-electron chi connectivity index (χ3n) is 3.46. The molecule has 0 N–H and O–H groups in total. The maximum Gasteiger partial charge on any atom is 0.133 e. The Balaban J connectivity index is 1.98. The summed E-state index contributed by atoms with van der Waals surface area (Å²) in [5.74, 6) is 1.04. The maximum atomic E-state index is 11.2. The predicted octanol–water partition coefficient (Wildman–Crippen LogP) is 3.04. The predicted molar refractivity (Wildman–Crippen MR) is 67.0 cm³/mol. The molecule has 90 valence electrons. The molecule has 0 aliphatic heterocycles. The zero-order valence-electron chi connectivity index (χ0n) is 10.2. The Morgan fingerprint density at radius 1 is 1.29 bits per heavy atom. The third kappa shape index (κ3) is 3.26. The van der Waals surface area contributed by atoms with Gasteiger partial charge in [0.05, 0.1) is 0 Å². The largest absolute Gasteiger partial charge is 0.300 e. The van der Waals surface area contributed by atoms with Crippen LogP contribution in [0.5, 0.6) is 0 Å². The number of carbonyl (C=O) groups is 2. The van der Waals surface area contributed by atoms with Crippen LogP contribution >= 0.6 is 0 Å². The van der Waals surface area contributed by atoms with E-state index in [2.05, 4.69) is 24.3 Å². The van der Waals surface area contributed by atoms with Crippen LogP contribution in [0.4, 0.5) is 0 Å². The van der Waals surface area contributed by atoms with Crippen molar-refractivity contribution < 1.29 is 9.59 Å². The number of aryl methyl sites for hydroxylation is 1. The van der Waals surface area contributed by atoms with Gasteiger partial charge < -0.3 is 4.79 Å². The summed E-state index contributed by atoms with van der Waals surface area (Å²) in [5, 5.41) is 0. The maximum absolute atomic E-state index is 11.2. The normalized spacial score (nSPS) is 19.6. The van der Waals surface area contributed by atoms with Crippen LogP contribution in [0.2, 0.25) is 0 Å². The van der Waals surface area contributed by atoms with Crippen molar-refractivity contribution >= 4 is 11.6 Å². The summed E-state index contributed by atoms with van der Waals surface area (Å²) in [6, 6.07) is 8.39. The van der Waals surface area contributed by atoms with Crippen molar-refractivity contribution in [1.29, 1.82) is 0 Å². The van der Waals surface area contributed by atoms with Crippen LogP contribution in [0.1, 0.15) is 49.7 Å². The van der Waals surface area contributed by atoms with Gasteiger partial charge in [0.25, 0.3) is 0 Å². The van der Waals surface area contributed by atoms with Crippen LogP contribution in [-0.4, -0.2) is 11.6 Å². The molecule has 0 radical (unpaired) electrons. The number of rotatable bonds is 4. The molecule has 1 aromatic rings. The fourth-order valence-electron chi connectivity index (χ4n) is 2.38. The number of hydrogen-bond acceptors (Lipinski definition) is 2. The Morgan fingerprint density at radius 3 is 2.53 bits per heavy atom. The van der Waals surface area contributed by atoms with Gasteiger partial charge in [0.1, 0.15) is 11.6 Å². The monoisotopic (exact) mass is 230 g/mol. The van der Waals surface area contributed by atoms with Gasteiger partial charge in [-0.2, -0.15) is 0 Å².